The minimum Gasteiger partial charge on any atom is -0.382 e. The Balaban J connectivity index is 3.07. The van der Waals surface area contributed by atoms with Crippen molar-refractivity contribution in [2.75, 3.05) is 30.9 Å². The summed E-state index contributed by atoms with van der Waals surface area (Å²) < 4.78 is 43.7. The van der Waals surface area contributed by atoms with Crippen molar-refractivity contribution in [3.8, 4) is 0 Å². The molecule has 5 nitrogen and oxygen atoms in total. The maximum absolute atomic E-state index is 12.9. The number of nitrogens with one attached hydrogen (secondary N) is 2. The third-order valence-corrected chi connectivity index (χ3v) is 2.52. The molecule has 1 rings (SSSR count). The van der Waals surface area contributed by atoms with Crippen LogP contribution in [0.2, 0.25) is 0 Å². The van der Waals surface area contributed by atoms with Crippen LogP contribution in [-0.2, 0) is 10.9 Å². The van der Waals surface area contributed by atoms with Gasteiger partial charge >= 0.3 is 6.18 Å². The molecule has 0 amide bonds. The maximum atomic E-state index is 12.9. The molecule has 0 spiro atoms. The molecule has 1 aromatic rings. The zero-order valence-electron chi connectivity index (χ0n) is 12.6. The van der Waals surface area contributed by atoms with Crippen molar-refractivity contribution in [2.45, 2.75) is 38.9 Å². The molecule has 1 aromatic heterocycles. The zero-order chi connectivity index (χ0) is 16.1. The van der Waals surface area contributed by atoms with Gasteiger partial charge < -0.3 is 15.4 Å². The van der Waals surface area contributed by atoms with Crippen molar-refractivity contribution < 1.29 is 17.9 Å². The van der Waals surface area contributed by atoms with Gasteiger partial charge in [0, 0.05) is 19.7 Å². The van der Waals surface area contributed by atoms with Gasteiger partial charge in [-0.05, 0) is 20.3 Å². The van der Waals surface area contributed by atoms with Crippen molar-refractivity contribution in [3.63, 3.8) is 0 Å². The van der Waals surface area contributed by atoms with E-state index >= 15 is 0 Å². The Morgan fingerprint density at radius 1 is 1.24 bits per heavy atom. The van der Waals surface area contributed by atoms with Crippen molar-refractivity contribution in [3.05, 3.63) is 11.8 Å². The number of ether oxygens (including phenoxy) is 1. The van der Waals surface area contributed by atoms with E-state index in [0.717, 1.165) is 12.5 Å². The SMILES string of the molecule is CCCNc1nc(NC(C)(C)COC)cc(C(F)(F)F)n1. The average Bonchev–Trinajstić information content (AvgIpc) is 2.34. The van der Waals surface area contributed by atoms with Crippen LogP contribution in [0.5, 0.6) is 0 Å². The Bertz CT molecular complexity index is 463. The third kappa shape index (κ3) is 5.74. The van der Waals surface area contributed by atoms with Crippen LogP contribution >= 0.6 is 0 Å². The highest BCUT2D eigenvalue weighted by atomic mass is 19.4. The van der Waals surface area contributed by atoms with Crippen molar-refractivity contribution in [1.29, 1.82) is 0 Å². The molecule has 0 saturated carbocycles. The van der Waals surface area contributed by atoms with E-state index in [9.17, 15) is 13.2 Å². The molecule has 120 valence electrons. The summed E-state index contributed by atoms with van der Waals surface area (Å²) >= 11 is 0. The van der Waals surface area contributed by atoms with Gasteiger partial charge in [0.2, 0.25) is 5.95 Å². The smallest absolute Gasteiger partial charge is 0.382 e. The molecule has 0 atom stereocenters. The maximum Gasteiger partial charge on any atom is 0.433 e. The second-order valence-corrected chi connectivity index (χ2v) is 5.33. The molecule has 0 aliphatic carbocycles. The second kappa shape index (κ2) is 6.93. The fraction of sp³-hybridized carbons (Fsp3) is 0.692. The third-order valence-electron chi connectivity index (χ3n) is 2.52. The quantitative estimate of drug-likeness (QED) is 0.810. The molecule has 1 heterocycles. The summed E-state index contributed by atoms with van der Waals surface area (Å²) in [6, 6.07) is 0.897. The second-order valence-electron chi connectivity index (χ2n) is 5.33. The number of hydrogen-bond acceptors (Lipinski definition) is 5. The topological polar surface area (TPSA) is 59.1 Å². The molecule has 0 bridgehead atoms. The fourth-order valence-corrected chi connectivity index (χ4v) is 1.72. The van der Waals surface area contributed by atoms with Crippen LogP contribution in [0.15, 0.2) is 6.07 Å². The van der Waals surface area contributed by atoms with E-state index in [4.69, 9.17) is 4.74 Å². The van der Waals surface area contributed by atoms with Crippen LogP contribution in [0, 0.1) is 0 Å². The molecule has 0 radical (unpaired) electrons. The molecule has 21 heavy (non-hydrogen) atoms. The molecular weight excluding hydrogens is 285 g/mol. The van der Waals surface area contributed by atoms with E-state index in [0.29, 0.717) is 13.2 Å². The van der Waals surface area contributed by atoms with Crippen LogP contribution in [-0.4, -0.2) is 35.8 Å². The summed E-state index contributed by atoms with van der Waals surface area (Å²) in [6.07, 6.45) is -3.76. The summed E-state index contributed by atoms with van der Waals surface area (Å²) in [5.41, 5.74) is -1.53. The number of rotatable bonds is 7. The molecular formula is C13H21F3N4O. The number of hydrogen-bond donors (Lipinski definition) is 2. The van der Waals surface area contributed by atoms with Crippen molar-refractivity contribution >= 4 is 11.8 Å². The lowest BCUT2D eigenvalue weighted by Gasteiger charge is -2.26. The molecule has 0 aliphatic heterocycles. The summed E-state index contributed by atoms with van der Waals surface area (Å²) in [6.45, 7) is 6.36. The lowest BCUT2D eigenvalue weighted by Crippen LogP contribution is -2.36. The van der Waals surface area contributed by atoms with Gasteiger partial charge in [-0.25, -0.2) is 4.98 Å². The molecule has 0 aliphatic rings. The van der Waals surface area contributed by atoms with Gasteiger partial charge in [0.15, 0.2) is 5.69 Å². The first-order valence-electron chi connectivity index (χ1n) is 6.65. The number of methoxy groups -OCH3 is 1. The van der Waals surface area contributed by atoms with E-state index in [2.05, 4.69) is 20.6 Å². The number of aromatic nitrogens is 2. The Morgan fingerprint density at radius 2 is 1.90 bits per heavy atom. The average molecular weight is 306 g/mol. The Kier molecular flexibility index (Phi) is 5.77. The predicted molar refractivity (Wildman–Crippen MR) is 75.4 cm³/mol. The molecule has 2 N–H and O–H groups in total. The number of alkyl halides is 3. The van der Waals surface area contributed by atoms with Crippen LogP contribution in [0.3, 0.4) is 0 Å². The highest BCUT2D eigenvalue weighted by Crippen LogP contribution is 2.30. The fourth-order valence-electron chi connectivity index (χ4n) is 1.72. The van der Waals surface area contributed by atoms with E-state index in [1.54, 1.807) is 0 Å². The summed E-state index contributed by atoms with van der Waals surface area (Å²) in [5.74, 6) is 0.0698. The van der Waals surface area contributed by atoms with Crippen molar-refractivity contribution in [2.24, 2.45) is 0 Å². The minimum atomic E-state index is -4.52. The normalized spacial score (nSPS) is 12.3. The Labute approximate surface area is 122 Å². The molecule has 0 unspecified atom stereocenters. The summed E-state index contributed by atoms with van der Waals surface area (Å²) in [7, 11) is 1.53. The molecule has 0 fully saturated rings. The van der Waals surface area contributed by atoms with Gasteiger partial charge in [0.1, 0.15) is 5.82 Å². The van der Waals surface area contributed by atoms with E-state index in [1.165, 1.54) is 7.11 Å². The predicted octanol–water partition coefficient (Wildman–Crippen LogP) is 3.15. The van der Waals surface area contributed by atoms with Crippen LogP contribution < -0.4 is 10.6 Å². The van der Waals surface area contributed by atoms with Crippen LogP contribution in [0.4, 0.5) is 24.9 Å². The van der Waals surface area contributed by atoms with Gasteiger partial charge in [-0.2, -0.15) is 18.2 Å². The standard InChI is InChI=1S/C13H21F3N4O/c1-5-6-17-11-18-9(13(14,15)16)7-10(19-11)20-12(2,3)8-21-4/h7H,5-6,8H2,1-4H3,(H2,17,18,19,20). The Morgan fingerprint density at radius 3 is 2.43 bits per heavy atom. The van der Waals surface area contributed by atoms with E-state index in [-0.39, 0.29) is 11.8 Å². The van der Waals surface area contributed by atoms with Crippen molar-refractivity contribution in [1.82, 2.24) is 9.97 Å². The summed E-state index contributed by atoms with van der Waals surface area (Å²) in [5, 5.41) is 5.70. The molecule has 0 saturated heterocycles. The largest absolute Gasteiger partial charge is 0.433 e. The van der Waals surface area contributed by atoms with Gasteiger partial charge in [-0.15, -0.1) is 0 Å². The Hall–Kier alpha value is -1.57. The van der Waals surface area contributed by atoms with E-state index < -0.39 is 17.4 Å². The summed E-state index contributed by atoms with van der Waals surface area (Å²) in [4.78, 5) is 7.56. The molecule has 0 aromatic carbocycles. The molecule has 8 heteroatoms. The van der Waals surface area contributed by atoms with Crippen LogP contribution in [0.25, 0.3) is 0 Å². The lowest BCUT2D eigenvalue weighted by atomic mass is 10.1. The highest BCUT2D eigenvalue weighted by Gasteiger charge is 2.34. The first-order valence-corrected chi connectivity index (χ1v) is 6.65. The first kappa shape index (κ1) is 17.5. The zero-order valence-corrected chi connectivity index (χ0v) is 12.6. The number of anilines is 2. The van der Waals surface area contributed by atoms with Gasteiger partial charge in [-0.3, -0.25) is 0 Å². The number of halogens is 3. The number of nitrogens with zero attached hydrogens (tertiary/aromatic N) is 2. The van der Waals surface area contributed by atoms with Crippen LogP contribution in [0.1, 0.15) is 32.9 Å². The van der Waals surface area contributed by atoms with E-state index in [1.807, 2.05) is 20.8 Å². The first-order chi connectivity index (χ1) is 9.68. The van der Waals surface area contributed by atoms with Gasteiger partial charge in [0.05, 0.1) is 12.1 Å². The van der Waals surface area contributed by atoms with Gasteiger partial charge in [-0.1, -0.05) is 6.92 Å². The lowest BCUT2D eigenvalue weighted by molar-refractivity contribution is -0.141. The highest BCUT2D eigenvalue weighted by molar-refractivity contribution is 5.44. The minimum absolute atomic E-state index is 0.0395. The monoisotopic (exact) mass is 306 g/mol. The van der Waals surface area contributed by atoms with Gasteiger partial charge in [0.25, 0.3) is 0 Å².